The van der Waals surface area contributed by atoms with E-state index in [0.717, 1.165) is 17.7 Å². The molecule has 1 aromatic heterocycles. The number of furan rings is 1. The first kappa shape index (κ1) is 15.3. The van der Waals surface area contributed by atoms with E-state index in [4.69, 9.17) is 9.15 Å². The summed E-state index contributed by atoms with van der Waals surface area (Å²) in [4.78, 5) is 26.5. The maximum absolute atomic E-state index is 12.6. The quantitative estimate of drug-likeness (QED) is 0.817. The fourth-order valence-corrected chi connectivity index (χ4v) is 2.89. The molecule has 5 heteroatoms. The number of nitrogens with zero attached hydrogens (tertiary/aromatic N) is 1. The van der Waals surface area contributed by atoms with Crippen molar-refractivity contribution >= 4 is 17.6 Å². The number of para-hydroxylation sites is 1. The lowest BCUT2D eigenvalue weighted by molar-refractivity contribution is -0.126. The molecule has 0 fully saturated rings. The van der Waals surface area contributed by atoms with Gasteiger partial charge < -0.3 is 14.1 Å². The Kier molecular flexibility index (Phi) is 3.94. The van der Waals surface area contributed by atoms with Crippen LogP contribution in [0.15, 0.2) is 34.7 Å². The molecule has 1 atom stereocenters. The van der Waals surface area contributed by atoms with Crippen LogP contribution in [0.3, 0.4) is 0 Å². The second kappa shape index (κ2) is 5.91. The van der Waals surface area contributed by atoms with Crippen molar-refractivity contribution in [3.8, 4) is 0 Å². The van der Waals surface area contributed by atoms with Crippen molar-refractivity contribution in [2.24, 2.45) is 0 Å². The summed E-state index contributed by atoms with van der Waals surface area (Å²) >= 11 is 0. The number of carbonyl (C=O) groups excluding carboxylic acids is 2. The number of carbonyl (C=O) groups is 2. The number of hydrogen-bond donors (Lipinski definition) is 0. The standard InChI is InChI=1S/C18H19NO4/c1-11-10-15(12(2)22-11)18(21)23-13(3)17(20)19-9-8-14-6-4-5-7-16(14)19/h4-7,10,13H,8-9H2,1-3H3/t13-/m0/s1. The van der Waals surface area contributed by atoms with Crippen LogP contribution in [-0.4, -0.2) is 24.5 Å². The van der Waals surface area contributed by atoms with Crippen molar-refractivity contribution in [2.75, 3.05) is 11.4 Å². The third kappa shape index (κ3) is 2.86. The van der Waals surface area contributed by atoms with E-state index in [1.54, 1.807) is 31.7 Å². The molecule has 0 saturated heterocycles. The Hall–Kier alpha value is -2.56. The zero-order chi connectivity index (χ0) is 16.6. The monoisotopic (exact) mass is 313 g/mol. The lowest BCUT2D eigenvalue weighted by Gasteiger charge is -2.21. The summed E-state index contributed by atoms with van der Waals surface area (Å²) in [5.41, 5.74) is 2.40. The van der Waals surface area contributed by atoms with Gasteiger partial charge in [-0.05, 0) is 44.9 Å². The van der Waals surface area contributed by atoms with Crippen LogP contribution in [0, 0.1) is 13.8 Å². The van der Waals surface area contributed by atoms with Crippen molar-refractivity contribution in [2.45, 2.75) is 33.3 Å². The molecule has 3 rings (SSSR count). The highest BCUT2D eigenvalue weighted by atomic mass is 16.5. The van der Waals surface area contributed by atoms with Gasteiger partial charge >= 0.3 is 5.97 Å². The van der Waals surface area contributed by atoms with Crippen molar-refractivity contribution < 1.29 is 18.7 Å². The number of esters is 1. The van der Waals surface area contributed by atoms with Crippen molar-refractivity contribution in [1.29, 1.82) is 0 Å². The van der Waals surface area contributed by atoms with Gasteiger partial charge in [0.25, 0.3) is 5.91 Å². The molecule has 2 heterocycles. The molecule has 23 heavy (non-hydrogen) atoms. The first-order valence-electron chi connectivity index (χ1n) is 7.64. The van der Waals surface area contributed by atoms with Gasteiger partial charge in [-0.25, -0.2) is 4.79 Å². The van der Waals surface area contributed by atoms with Gasteiger partial charge in [-0.15, -0.1) is 0 Å². The normalized spacial score (nSPS) is 14.5. The number of ether oxygens (including phenoxy) is 1. The first-order valence-corrected chi connectivity index (χ1v) is 7.64. The van der Waals surface area contributed by atoms with E-state index < -0.39 is 12.1 Å². The molecule has 0 N–H and O–H groups in total. The Balaban J connectivity index is 1.71. The van der Waals surface area contributed by atoms with Gasteiger partial charge in [0.2, 0.25) is 0 Å². The van der Waals surface area contributed by atoms with E-state index in [1.807, 2.05) is 24.3 Å². The molecular weight excluding hydrogens is 294 g/mol. The second-order valence-corrected chi connectivity index (χ2v) is 5.74. The highest BCUT2D eigenvalue weighted by Gasteiger charge is 2.30. The molecule has 1 amide bonds. The number of amides is 1. The predicted octanol–water partition coefficient (Wildman–Crippen LogP) is 3.03. The zero-order valence-electron chi connectivity index (χ0n) is 13.5. The molecule has 1 aromatic carbocycles. The van der Waals surface area contributed by atoms with Gasteiger partial charge in [-0.2, -0.15) is 0 Å². The molecule has 120 valence electrons. The molecule has 0 unspecified atom stereocenters. The molecule has 0 bridgehead atoms. The zero-order valence-corrected chi connectivity index (χ0v) is 13.5. The van der Waals surface area contributed by atoms with Gasteiger partial charge in [0, 0.05) is 12.2 Å². The molecule has 0 aliphatic carbocycles. The van der Waals surface area contributed by atoms with E-state index >= 15 is 0 Å². The summed E-state index contributed by atoms with van der Waals surface area (Å²) < 4.78 is 10.7. The van der Waals surface area contributed by atoms with Crippen molar-refractivity contribution in [1.82, 2.24) is 0 Å². The molecular formula is C18H19NO4. The summed E-state index contributed by atoms with van der Waals surface area (Å²) in [6.07, 6.45) is -0.0222. The summed E-state index contributed by atoms with van der Waals surface area (Å²) in [6, 6.07) is 9.41. The minimum atomic E-state index is -0.844. The van der Waals surface area contributed by atoms with Crippen molar-refractivity contribution in [3.05, 3.63) is 53.0 Å². The third-order valence-corrected chi connectivity index (χ3v) is 4.05. The summed E-state index contributed by atoms with van der Waals surface area (Å²) in [6.45, 7) is 5.68. The van der Waals surface area contributed by atoms with Gasteiger partial charge in [-0.1, -0.05) is 18.2 Å². The predicted molar refractivity (Wildman–Crippen MR) is 85.6 cm³/mol. The maximum atomic E-state index is 12.6. The fraction of sp³-hybridized carbons (Fsp3) is 0.333. The third-order valence-electron chi connectivity index (χ3n) is 4.05. The Labute approximate surface area is 134 Å². The average Bonchev–Trinajstić information content (AvgIpc) is 3.09. The van der Waals surface area contributed by atoms with Crippen LogP contribution in [0.5, 0.6) is 0 Å². The van der Waals surface area contributed by atoms with Gasteiger partial charge in [0.1, 0.15) is 17.1 Å². The molecule has 1 aliphatic heterocycles. The molecule has 2 aromatic rings. The van der Waals surface area contributed by atoms with E-state index in [1.165, 1.54) is 0 Å². The number of fused-ring (bicyclic) bond motifs is 1. The maximum Gasteiger partial charge on any atom is 0.342 e. The molecule has 0 spiro atoms. The van der Waals surface area contributed by atoms with E-state index in [9.17, 15) is 9.59 Å². The Morgan fingerprint density at radius 2 is 2.00 bits per heavy atom. The molecule has 0 radical (unpaired) electrons. The topological polar surface area (TPSA) is 59.8 Å². The van der Waals surface area contributed by atoms with Gasteiger partial charge in [-0.3, -0.25) is 4.79 Å². The molecule has 5 nitrogen and oxygen atoms in total. The molecule has 1 aliphatic rings. The molecule has 0 saturated carbocycles. The number of anilines is 1. The van der Waals surface area contributed by atoms with Crippen LogP contribution in [0.4, 0.5) is 5.69 Å². The van der Waals surface area contributed by atoms with Crippen molar-refractivity contribution in [3.63, 3.8) is 0 Å². The highest BCUT2D eigenvalue weighted by Crippen LogP contribution is 2.28. The fourth-order valence-electron chi connectivity index (χ4n) is 2.89. The van der Waals surface area contributed by atoms with Gasteiger partial charge in [0.05, 0.1) is 0 Å². The van der Waals surface area contributed by atoms with Crippen LogP contribution >= 0.6 is 0 Å². The van der Waals surface area contributed by atoms with Crippen LogP contribution in [0.25, 0.3) is 0 Å². The van der Waals surface area contributed by atoms with Crippen LogP contribution in [0.1, 0.15) is 34.4 Å². The Morgan fingerprint density at radius 3 is 2.70 bits per heavy atom. The Bertz CT molecular complexity index is 762. The largest absolute Gasteiger partial charge is 0.466 e. The lowest BCUT2D eigenvalue weighted by Crippen LogP contribution is -2.39. The van der Waals surface area contributed by atoms with Gasteiger partial charge in [0.15, 0.2) is 6.10 Å². The minimum absolute atomic E-state index is 0.207. The lowest BCUT2D eigenvalue weighted by atomic mass is 10.2. The summed E-state index contributed by atoms with van der Waals surface area (Å²) in [5, 5.41) is 0. The Morgan fingerprint density at radius 1 is 1.26 bits per heavy atom. The van der Waals surface area contributed by atoms with Crippen LogP contribution < -0.4 is 4.90 Å². The number of aryl methyl sites for hydroxylation is 2. The smallest absolute Gasteiger partial charge is 0.342 e. The summed E-state index contributed by atoms with van der Waals surface area (Å²) in [5.74, 6) is 0.398. The van der Waals surface area contributed by atoms with Crippen LogP contribution in [0.2, 0.25) is 0 Å². The second-order valence-electron chi connectivity index (χ2n) is 5.74. The van der Waals surface area contributed by atoms with E-state index in [-0.39, 0.29) is 5.91 Å². The minimum Gasteiger partial charge on any atom is -0.466 e. The average molecular weight is 313 g/mol. The van der Waals surface area contributed by atoms with Crippen LogP contribution in [-0.2, 0) is 16.0 Å². The number of hydrogen-bond acceptors (Lipinski definition) is 4. The first-order chi connectivity index (χ1) is 11.0. The summed E-state index contributed by atoms with van der Waals surface area (Å²) in [7, 11) is 0. The number of rotatable bonds is 3. The highest BCUT2D eigenvalue weighted by molar-refractivity contribution is 6.00. The van der Waals surface area contributed by atoms with E-state index in [2.05, 4.69) is 0 Å². The SMILES string of the molecule is Cc1cc(C(=O)O[C@@H](C)C(=O)N2CCc3ccccc32)c(C)o1. The van der Waals surface area contributed by atoms with E-state index in [0.29, 0.717) is 23.6 Å². The number of benzene rings is 1.